The molecule has 0 radical (unpaired) electrons. The minimum Gasteiger partial charge on any atom is -0.364 e. The van der Waals surface area contributed by atoms with Gasteiger partial charge in [0.25, 0.3) is 5.91 Å². The fourth-order valence-electron chi connectivity index (χ4n) is 1.89. The van der Waals surface area contributed by atoms with Gasteiger partial charge in [-0.25, -0.2) is 0 Å². The van der Waals surface area contributed by atoms with Crippen LogP contribution in [0.5, 0.6) is 0 Å². The van der Waals surface area contributed by atoms with E-state index < -0.39 is 0 Å². The number of halogens is 1. The van der Waals surface area contributed by atoms with Crippen LogP contribution in [0.25, 0.3) is 0 Å². The Morgan fingerprint density at radius 3 is 3.27 bits per heavy atom. The molecule has 0 saturated carbocycles. The Morgan fingerprint density at radius 1 is 1.73 bits per heavy atom. The van der Waals surface area contributed by atoms with Crippen molar-refractivity contribution in [3.8, 4) is 0 Å². The molecule has 0 aliphatic carbocycles. The number of hydrogen-bond donors (Lipinski definition) is 0. The SMILES string of the molecule is O=C(c1ccon1)N1CCC(CCCl)C1. The average Bonchev–Trinajstić information content (AvgIpc) is 2.87. The molecule has 0 bridgehead atoms. The summed E-state index contributed by atoms with van der Waals surface area (Å²) in [7, 11) is 0. The van der Waals surface area contributed by atoms with Gasteiger partial charge in [0.15, 0.2) is 5.69 Å². The smallest absolute Gasteiger partial charge is 0.276 e. The van der Waals surface area contributed by atoms with Crippen LogP contribution in [0.2, 0.25) is 0 Å². The first-order valence-corrected chi connectivity index (χ1v) is 5.60. The molecular weight excluding hydrogens is 216 g/mol. The van der Waals surface area contributed by atoms with Gasteiger partial charge in [0.1, 0.15) is 6.26 Å². The second kappa shape index (κ2) is 4.66. The summed E-state index contributed by atoms with van der Waals surface area (Å²) >= 11 is 5.68. The van der Waals surface area contributed by atoms with Gasteiger partial charge in [-0.05, 0) is 18.8 Å². The van der Waals surface area contributed by atoms with E-state index in [1.54, 1.807) is 6.07 Å². The summed E-state index contributed by atoms with van der Waals surface area (Å²) in [5.74, 6) is 1.16. The van der Waals surface area contributed by atoms with E-state index >= 15 is 0 Å². The van der Waals surface area contributed by atoms with Crippen molar-refractivity contribution < 1.29 is 9.32 Å². The summed E-state index contributed by atoms with van der Waals surface area (Å²) in [5, 5.41) is 3.64. The van der Waals surface area contributed by atoms with Crippen LogP contribution in [-0.2, 0) is 0 Å². The van der Waals surface area contributed by atoms with Gasteiger partial charge in [-0.1, -0.05) is 5.16 Å². The van der Waals surface area contributed by atoms with Crippen molar-refractivity contribution in [2.45, 2.75) is 12.8 Å². The third kappa shape index (κ3) is 2.31. The fraction of sp³-hybridized carbons (Fsp3) is 0.600. The van der Waals surface area contributed by atoms with Gasteiger partial charge in [-0.2, -0.15) is 0 Å². The number of nitrogens with zero attached hydrogens (tertiary/aromatic N) is 2. The minimum absolute atomic E-state index is 0.0409. The van der Waals surface area contributed by atoms with Gasteiger partial charge in [0.2, 0.25) is 0 Å². The predicted molar refractivity (Wildman–Crippen MR) is 55.9 cm³/mol. The number of hydrogen-bond acceptors (Lipinski definition) is 3. The Balaban J connectivity index is 1.93. The summed E-state index contributed by atoms with van der Waals surface area (Å²) in [6.07, 6.45) is 3.43. The molecule has 82 valence electrons. The number of rotatable bonds is 3. The van der Waals surface area contributed by atoms with Gasteiger partial charge in [-0.3, -0.25) is 4.79 Å². The summed E-state index contributed by atoms with van der Waals surface area (Å²) in [6.45, 7) is 1.59. The molecule has 0 N–H and O–H groups in total. The lowest BCUT2D eigenvalue weighted by Crippen LogP contribution is -2.28. The number of alkyl halides is 1. The van der Waals surface area contributed by atoms with Crippen molar-refractivity contribution in [3.05, 3.63) is 18.0 Å². The third-order valence-corrected chi connectivity index (χ3v) is 2.97. The largest absolute Gasteiger partial charge is 0.364 e. The molecule has 0 spiro atoms. The lowest BCUT2D eigenvalue weighted by molar-refractivity contribution is 0.0776. The van der Waals surface area contributed by atoms with E-state index in [0.717, 1.165) is 25.9 Å². The molecule has 4 nitrogen and oxygen atoms in total. The maximum atomic E-state index is 11.8. The first kappa shape index (κ1) is 10.5. The van der Waals surface area contributed by atoms with Crippen molar-refractivity contribution >= 4 is 17.5 Å². The van der Waals surface area contributed by atoms with Crippen molar-refractivity contribution in [3.63, 3.8) is 0 Å². The van der Waals surface area contributed by atoms with Crippen LogP contribution >= 0.6 is 11.6 Å². The number of aromatic nitrogens is 1. The maximum absolute atomic E-state index is 11.8. The highest BCUT2D eigenvalue weighted by Gasteiger charge is 2.27. The van der Waals surface area contributed by atoms with E-state index in [1.807, 2.05) is 4.90 Å². The number of likely N-dealkylation sites (tertiary alicyclic amines) is 1. The fourth-order valence-corrected chi connectivity index (χ4v) is 2.20. The summed E-state index contributed by atoms with van der Waals surface area (Å²) in [4.78, 5) is 13.6. The van der Waals surface area contributed by atoms with Crippen LogP contribution in [0, 0.1) is 5.92 Å². The minimum atomic E-state index is -0.0409. The summed E-state index contributed by atoms with van der Waals surface area (Å²) < 4.78 is 4.65. The van der Waals surface area contributed by atoms with E-state index in [2.05, 4.69) is 9.68 Å². The van der Waals surface area contributed by atoms with Crippen molar-refractivity contribution in [1.82, 2.24) is 10.1 Å². The van der Waals surface area contributed by atoms with Crippen molar-refractivity contribution in [1.29, 1.82) is 0 Å². The molecule has 1 saturated heterocycles. The third-order valence-electron chi connectivity index (χ3n) is 2.75. The molecule has 1 aliphatic rings. The van der Waals surface area contributed by atoms with E-state index in [9.17, 15) is 4.79 Å². The van der Waals surface area contributed by atoms with Gasteiger partial charge in [0.05, 0.1) is 0 Å². The standard InChI is InChI=1S/C10H13ClN2O2/c11-4-1-8-2-5-13(7-8)10(14)9-3-6-15-12-9/h3,6,8H,1-2,4-5,7H2. The lowest BCUT2D eigenvalue weighted by atomic mass is 10.1. The number of carbonyl (C=O) groups excluding carboxylic acids is 1. The van der Waals surface area contributed by atoms with E-state index in [4.69, 9.17) is 11.6 Å². The number of amides is 1. The van der Waals surface area contributed by atoms with E-state index in [-0.39, 0.29) is 5.91 Å². The Morgan fingerprint density at radius 2 is 2.60 bits per heavy atom. The molecule has 1 amide bonds. The molecule has 1 aromatic heterocycles. The molecule has 1 aliphatic heterocycles. The van der Waals surface area contributed by atoms with Crippen LogP contribution in [-0.4, -0.2) is 34.9 Å². The number of carbonyl (C=O) groups is 1. The maximum Gasteiger partial charge on any atom is 0.276 e. The van der Waals surface area contributed by atoms with Crippen LogP contribution in [0.3, 0.4) is 0 Å². The zero-order chi connectivity index (χ0) is 10.7. The average molecular weight is 229 g/mol. The highest BCUT2D eigenvalue weighted by Crippen LogP contribution is 2.21. The molecule has 2 rings (SSSR count). The first-order valence-electron chi connectivity index (χ1n) is 5.07. The Hall–Kier alpha value is -1.03. The van der Waals surface area contributed by atoms with Gasteiger partial charge >= 0.3 is 0 Å². The van der Waals surface area contributed by atoms with Crippen LogP contribution in [0.1, 0.15) is 23.3 Å². The molecule has 0 aromatic carbocycles. The molecule has 1 fully saturated rings. The Labute approximate surface area is 93.2 Å². The second-order valence-electron chi connectivity index (χ2n) is 3.77. The van der Waals surface area contributed by atoms with Crippen LogP contribution < -0.4 is 0 Å². The zero-order valence-corrected chi connectivity index (χ0v) is 9.11. The summed E-state index contributed by atoms with van der Waals surface area (Å²) in [5.41, 5.74) is 0.390. The Kier molecular flexibility index (Phi) is 3.26. The Bertz CT molecular complexity index is 326. The van der Waals surface area contributed by atoms with Gasteiger partial charge in [0, 0.05) is 25.0 Å². The quantitative estimate of drug-likeness (QED) is 0.741. The molecule has 1 aromatic rings. The molecule has 5 heteroatoms. The first-order chi connectivity index (χ1) is 7.31. The zero-order valence-electron chi connectivity index (χ0n) is 8.36. The highest BCUT2D eigenvalue weighted by molar-refractivity contribution is 6.17. The monoisotopic (exact) mass is 228 g/mol. The molecule has 15 heavy (non-hydrogen) atoms. The second-order valence-corrected chi connectivity index (χ2v) is 4.15. The predicted octanol–water partition coefficient (Wildman–Crippen LogP) is 1.77. The van der Waals surface area contributed by atoms with E-state index in [0.29, 0.717) is 17.5 Å². The normalized spacial score (nSPS) is 20.9. The van der Waals surface area contributed by atoms with E-state index in [1.165, 1.54) is 6.26 Å². The van der Waals surface area contributed by atoms with Crippen LogP contribution in [0.4, 0.5) is 0 Å². The lowest BCUT2D eigenvalue weighted by Gasteiger charge is -2.14. The van der Waals surface area contributed by atoms with Crippen molar-refractivity contribution in [2.24, 2.45) is 5.92 Å². The highest BCUT2D eigenvalue weighted by atomic mass is 35.5. The topological polar surface area (TPSA) is 46.3 Å². The molecule has 1 unspecified atom stereocenters. The molecular formula is C10H13ClN2O2. The van der Waals surface area contributed by atoms with Gasteiger partial charge < -0.3 is 9.42 Å². The van der Waals surface area contributed by atoms with Crippen molar-refractivity contribution in [2.75, 3.05) is 19.0 Å². The summed E-state index contributed by atoms with van der Waals surface area (Å²) in [6, 6.07) is 1.59. The van der Waals surface area contributed by atoms with Gasteiger partial charge in [-0.15, -0.1) is 11.6 Å². The molecule has 1 atom stereocenters. The molecule has 2 heterocycles. The van der Waals surface area contributed by atoms with Crippen LogP contribution in [0.15, 0.2) is 16.9 Å².